The lowest BCUT2D eigenvalue weighted by Gasteiger charge is -2.13. The van der Waals surface area contributed by atoms with Crippen LogP contribution in [-0.4, -0.2) is 13.7 Å². The second-order valence-electron chi connectivity index (χ2n) is 4.43. The van der Waals surface area contributed by atoms with E-state index in [1.807, 2.05) is 37.3 Å². The van der Waals surface area contributed by atoms with Gasteiger partial charge in [-0.2, -0.15) is 5.26 Å². The summed E-state index contributed by atoms with van der Waals surface area (Å²) in [4.78, 5) is 0. The Bertz CT molecular complexity index is 630. The number of ether oxygens (including phenoxy) is 2. The van der Waals surface area contributed by atoms with Crippen molar-refractivity contribution in [1.29, 1.82) is 5.26 Å². The van der Waals surface area contributed by atoms with E-state index in [0.29, 0.717) is 24.5 Å². The van der Waals surface area contributed by atoms with Gasteiger partial charge in [0, 0.05) is 6.54 Å². The summed E-state index contributed by atoms with van der Waals surface area (Å²) in [6, 6.07) is 15.5. The minimum atomic E-state index is 0.570. The highest BCUT2D eigenvalue weighted by atomic mass is 16.5. The van der Waals surface area contributed by atoms with E-state index in [1.165, 1.54) is 0 Å². The van der Waals surface area contributed by atoms with E-state index in [0.717, 1.165) is 17.0 Å². The van der Waals surface area contributed by atoms with Gasteiger partial charge in [0.1, 0.15) is 17.6 Å². The average molecular weight is 282 g/mol. The van der Waals surface area contributed by atoms with Crippen LogP contribution in [-0.2, 0) is 6.54 Å². The summed E-state index contributed by atoms with van der Waals surface area (Å²) in [7, 11) is 1.60. The molecule has 2 aromatic rings. The number of para-hydroxylation sites is 1. The molecular weight excluding hydrogens is 264 g/mol. The molecule has 4 heteroatoms. The van der Waals surface area contributed by atoms with Gasteiger partial charge in [0.2, 0.25) is 0 Å². The third kappa shape index (κ3) is 3.67. The van der Waals surface area contributed by atoms with E-state index in [-0.39, 0.29) is 0 Å². The number of methoxy groups -OCH3 is 1. The van der Waals surface area contributed by atoms with Gasteiger partial charge in [-0.15, -0.1) is 0 Å². The van der Waals surface area contributed by atoms with E-state index in [4.69, 9.17) is 14.7 Å². The van der Waals surface area contributed by atoms with E-state index in [1.54, 1.807) is 19.2 Å². The fraction of sp³-hybridized carbons (Fsp3) is 0.235. The molecule has 0 radical (unpaired) electrons. The molecular formula is C17H18N2O2. The van der Waals surface area contributed by atoms with Crippen molar-refractivity contribution in [3.05, 3.63) is 53.6 Å². The molecule has 0 bridgehead atoms. The van der Waals surface area contributed by atoms with Gasteiger partial charge >= 0.3 is 0 Å². The Morgan fingerprint density at radius 2 is 1.90 bits per heavy atom. The van der Waals surface area contributed by atoms with E-state index in [9.17, 15) is 0 Å². The summed E-state index contributed by atoms with van der Waals surface area (Å²) >= 11 is 0. The normalized spacial score (nSPS) is 9.76. The predicted molar refractivity (Wildman–Crippen MR) is 82.6 cm³/mol. The van der Waals surface area contributed by atoms with Crippen LogP contribution < -0.4 is 14.8 Å². The molecule has 0 atom stereocenters. The Morgan fingerprint density at radius 1 is 1.14 bits per heavy atom. The first-order valence-electron chi connectivity index (χ1n) is 6.81. The van der Waals surface area contributed by atoms with E-state index >= 15 is 0 Å². The molecule has 0 saturated carbocycles. The summed E-state index contributed by atoms with van der Waals surface area (Å²) < 4.78 is 10.7. The highest BCUT2D eigenvalue weighted by Gasteiger charge is 2.08. The maximum atomic E-state index is 9.17. The molecule has 4 nitrogen and oxygen atoms in total. The number of anilines is 1. The lowest BCUT2D eigenvalue weighted by Crippen LogP contribution is -2.03. The van der Waals surface area contributed by atoms with Gasteiger partial charge in [-0.1, -0.05) is 18.2 Å². The zero-order valence-electron chi connectivity index (χ0n) is 12.2. The predicted octanol–water partition coefficient (Wildman–Crippen LogP) is 3.58. The molecule has 0 heterocycles. The Morgan fingerprint density at radius 3 is 2.52 bits per heavy atom. The van der Waals surface area contributed by atoms with Gasteiger partial charge in [0.25, 0.3) is 0 Å². The van der Waals surface area contributed by atoms with Gasteiger partial charge in [-0.25, -0.2) is 0 Å². The molecule has 0 aliphatic rings. The first-order chi connectivity index (χ1) is 10.3. The third-order valence-electron chi connectivity index (χ3n) is 3.07. The average Bonchev–Trinajstić information content (AvgIpc) is 2.54. The van der Waals surface area contributed by atoms with Crippen LogP contribution in [0.1, 0.15) is 18.1 Å². The Balaban J connectivity index is 2.11. The molecule has 1 N–H and O–H groups in total. The maximum Gasteiger partial charge on any atom is 0.143 e. The van der Waals surface area contributed by atoms with Crippen LogP contribution in [0.25, 0.3) is 0 Å². The van der Waals surface area contributed by atoms with Crippen molar-refractivity contribution >= 4 is 5.69 Å². The van der Waals surface area contributed by atoms with Crippen molar-refractivity contribution in [2.75, 3.05) is 19.0 Å². The number of rotatable bonds is 6. The zero-order chi connectivity index (χ0) is 15.1. The summed E-state index contributed by atoms with van der Waals surface area (Å²) in [5, 5.41) is 12.4. The minimum Gasteiger partial charge on any atom is -0.495 e. The van der Waals surface area contributed by atoms with Gasteiger partial charge in [-0.05, 0) is 36.8 Å². The third-order valence-corrected chi connectivity index (χ3v) is 3.07. The van der Waals surface area contributed by atoms with Crippen LogP contribution in [0.2, 0.25) is 0 Å². The highest BCUT2D eigenvalue weighted by Crippen LogP contribution is 2.28. The Labute approximate surface area is 124 Å². The van der Waals surface area contributed by atoms with Gasteiger partial charge in [0.15, 0.2) is 0 Å². The standard InChI is InChI=1S/C17H18N2O2/c1-3-21-15-9-7-13(8-10-15)12-19-17-14(11-18)5-4-6-16(17)20-2/h4-10,19H,3,12H2,1-2H3. The van der Waals surface area contributed by atoms with Crippen molar-refractivity contribution < 1.29 is 9.47 Å². The second kappa shape index (κ2) is 7.20. The molecule has 0 unspecified atom stereocenters. The highest BCUT2D eigenvalue weighted by molar-refractivity contribution is 5.66. The largest absolute Gasteiger partial charge is 0.495 e. The van der Waals surface area contributed by atoms with Crippen LogP contribution in [0.15, 0.2) is 42.5 Å². The number of nitriles is 1. The SMILES string of the molecule is CCOc1ccc(CNc2c(C#N)cccc2OC)cc1. The van der Waals surface area contributed by atoms with E-state index in [2.05, 4.69) is 11.4 Å². The second-order valence-corrected chi connectivity index (χ2v) is 4.43. The summed E-state index contributed by atoms with van der Waals surface area (Å²) in [6.45, 7) is 3.23. The zero-order valence-corrected chi connectivity index (χ0v) is 12.2. The molecule has 21 heavy (non-hydrogen) atoms. The van der Waals surface area contributed by atoms with Crippen LogP contribution >= 0.6 is 0 Å². The summed E-state index contributed by atoms with van der Waals surface area (Å²) in [6.07, 6.45) is 0. The molecule has 2 rings (SSSR count). The van der Waals surface area contributed by atoms with Crippen molar-refractivity contribution in [2.45, 2.75) is 13.5 Å². The summed E-state index contributed by atoms with van der Waals surface area (Å²) in [5.41, 5.74) is 2.39. The maximum absolute atomic E-state index is 9.17. The molecule has 0 fully saturated rings. The number of hydrogen-bond donors (Lipinski definition) is 1. The van der Waals surface area contributed by atoms with Crippen molar-refractivity contribution in [1.82, 2.24) is 0 Å². The molecule has 0 aliphatic heterocycles. The molecule has 108 valence electrons. The monoisotopic (exact) mass is 282 g/mol. The Kier molecular flexibility index (Phi) is 5.05. The number of hydrogen-bond acceptors (Lipinski definition) is 4. The van der Waals surface area contributed by atoms with Crippen molar-refractivity contribution in [3.8, 4) is 17.6 Å². The number of benzene rings is 2. The lowest BCUT2D eigenvalue weighted by atomic mass is 10.1. The van der Waals surface area contributed by atoms with Crippen LogP contribution in [0.4, 0.5) is 5.69 Å². The molecule has 0 saturated heterocycles. The molecule has 2 aromatic carbocycles. The first kappa shape index (κ1) is 14.7. The van der Waals surface area contributed by atoms with E-state index < -0.39 is 0 Å². The summed E-state index contributed by atoms with van der Waals surface area (Å²) in [5.74, 6) is 1.52. The number of nitrogens with one attached hydrogen (secondary N) is 1. The first-order valence-corrected chi connectivity index (χ1v) is 6.81. The van der Waals surface area contributed by atoms with Gasteiger partial charge in [-0.3, -0.25) is 0 Å². The molecule has 0 aliphatic carbocycles. The van der Waals surface area contributed by atoms with Crippen LogP contribution in [0.5, 0.6) is 11.5 Å². The van der Waals surface area contributed by atoms with Crippen LogP contribution in [0.3, 0.4) is 0 Å². The van der Waals surface area contributed by atoms with Crippen LogP contribution in [0, 0.1) is 11.3 Å². The number of nitrogens with zero attached hydrogens (tertiary/aromatic N) is 1. The molecule has 0 spiro atoms. The molecule has 0 aromatic heterocycles. The Hall–Kier alpha value is -2.67. The fourth-order valence-electron chi connectivity index (χ4n) is 2.04. The van der Waals surface area contributed by atoms with Gasteiger partial charge < -0.3 is 14.8 Å². The topological polar surface area (TPSA) is 54.3 Å². The lowest BCUT2D eigenvalue weighted by molar-refractivity contribution is 0.340. The molecule has 0 amide bonds. The quantitative estimate of drug-likeness (QED) is 0.880. The van der Waals surface area contributed by atoms with Gasteiger partial charge in [0.05, 0.1) is 25.0 Å². The smallest absolute Gasteiger partial charge is 0.143 e. The fourth-order valence-corrected chi connectivity index (χ4v) is 2.04. The van der Waals surface area contributed by atoms with Crippen molar-refractivity contribution in [2.24, 2.45) is 0 Å². The minimum absolute atomic E-state index is 0.570. The van der Waals surface area contributed by atoms with Crippen molar-refractivity contribution in [3.63, 3.8) is 0 Å².